The van der Waals surface area contributed by atoms with Gasteiger partial charge in [-0.3, -0.25) is 0 Å². The summed E-state index contributed by atoms with van der Waals surface area (Å²) in [6, 6.07) is 5.67. The Labute approximate surface area is 111 Å². The third-order valence-electron chi connectivity index (χ3n) is 2.81. The number of hydrogen-bond acceptors (Lipinski definition) is 6. The number of nitrogens with one attached hydrogen (secondary N) is 1. The Bertz CT molecular complexity index is 544. The predicted octanol–water partition coefficient (Wildman–Crippen LogP) is 1.67. The number of anilines is 1. The average molecular weight is 263 g/mol. The van der Waals surface area contributed by atoms with Gasteiger partial charge < -0.3 is 19.5 Å². The van der Waals surface area contributed by atoms with E-state index in [1.54, 1.807) is 21.3 Å². The molecular weight excluding hydrogens is 246 g/mol. The van der Waals surface area contributed by atoms with Crippen molar-refractivity contribution in [1.82, 2.24) is 9.97 Å². The fourth-order valence-corrected chi connectivity index (χ4v) is 1.75. The number of benzene rings is 1. The maximum Gasteiger partial charge on any atom is 0.173 e. The van der Waals surface area contributed by atoms with Crippen molar-refractivity contribution >= 4 is 16.7 Å². The fraction of sp³-hybridized carbons (Fsp3) is 0.385. The van der Waals surface area contributed by atoms with Crippen LogP contribution >= 0.6 is 0 Å². The molecule has 0 aliphatic heterocycles. The van der Waals surface area contributed by atoms with Gasteiger partial charge in [0, 0.05) is 25.7 Å². The highest BCUT2D eigenvalue weighted by atomic mass is 16.7. The van der Waals surface area contributed by atoms with Gasteiger partial charge in [0.1, 0.15) is 17.9 Å². The van der Waals surface area contributed by atoms with Gasteiger partial charge in [-0.2, -0.15) is 0 Å². The lowest BCUT2D eigenvalue weighted by atomic mass is 10.2. The smallest absolute Gasteiger partial charge is 0.173 e. The summed E-state index contributed by atoms with van der Waals surface area (Å²) < 4.78 is 15.4. The van der Waals surface area contributed by atoms with Crippen molar-refractivity contribution in [2.45, 2.75) is 6.29 Å². The summed E-state index contributed by atoms with van der Waals surface area (Å²) in [5.74, 6) is 1.51. The van der Waals surface area contributed by atoms with E-state index in [4.69, 9.17) is 14.2 Å². The molecule has 0 bridgehead atoms. The quantitative estimate of drug-likeness (QED) is 0.800. The van der Waals surface area contributed by atoms with E-state index in [0.717, 1.165) is 22.5 Å². The molecule has 2 aromatic rings. The average Bonchev–Trinajstić information content (AvgIpc) is 2.47. The molecule has 102 valence electrons. The Morgan fingerprint density at radius 3 is 2.63 bits per heavy atom. The molecule has 19 heavy (non-hydrogen) atoms. The van der Waals surface area contributed by atoms with Crippen LogP contribution in [0.4, 0.5) is 5.82 Å². The molecule has 0 atom stereocenters. The first-order valence-electron chi connectivity index (χ1n) is 5.86. The molecule has 0 spiro atoms. The maximum atomic E-state index is 5.17. The van der Waals surface area contributed by atoms with Crippen molar-refractivity contribution < 1.29 is 14.2 Å². The minimum atomic E-state index is -0.316. The van der Waals surface area contributed by atoms with Gasteiger partial charge >= 0.3 is 0 Å². The maximum absolute atomic E-state index is 5.17. The lowest BCUT2D eigenvalue weighted by Crippen LogP contribution is -2.24. The van der Waals surface area contributed by atoms with Crippen LogP contribution in [0.2, 0.25) is 0 Å². The summed E-state index contributed by atoms with van der Waals surface area (Å²) in [7, 11) is 4.82. The first-order chi connectivity index (χ1) is 9.28. The zero-order valence-electron chi connectivity index (χ0n) is 11.2. The molecule has 0 saturated heterocycles. The zero-order chi connectivity index (χ0) is 13.7. The van der Waals surface area contributed by atoms with Crippen molar-refractivity contribution in [3.05, 3.63) is 24.5 Å². The van der Waals surface area contributed by atoms with E-state index in [2.05, 4.69) is 15.3 Å². The summed E-state index contributed by atoms with van der Waals surface area (Å²) in [6.45, 7) is 0.505. The Kier molecular flexibility index (Phi) is 4.48. The molecule has 2 rings (SSSR count). The van der Waals surface area contributed by atoms with Gasteiger partial charge in [0.05, 0.1) is 19.2 Å². The van der Waals surface area contributed by atoms with Crippen LogP contribution in [-0.4, -0.2) is 44.1 Å². The van der Waals surface area contributed by atoms with Crippen LogP contribution in [0.15, 0.2) is 24.5 Å². The van der Waals surface area contributed by atoms with Gasteiger partial charge in [0.2, 0.25) is 0 Å². The lowest BCUT2D eigenvalue weighted by molar-refractivity contribution is -0.0914. The summed E-state index contributed by atoms with van der Waals surface area (Å²) in [5, 5.41) is 4.11. The SMILES string of the molecule is COc1ccc2c(NCC(OC)OC)ncnc2c1. The van der Waals surface area contributed by atoms with E-state index >= 15 is 0 Å². The summed E-state index contributed by atoms with van der Waals surface area (Å²) in [5.41, 5.74) is 0.822. The minimum absolute atomic E-state index is 0.316. The van der Waals surface area contributed by atoms with Gasteiger partial charge in [-0.05, 0) is 12.1 Å². The summed E-state index contributed by atoms with van der Waals surface area (Å²) in [4.78, 5) is 8.45. The van der Waals surface area contributed by atoms with Gasteiger partial charge in [-0.15, -0.1) is 0 Å². The van der Waals surface area contributed by atoms with E-state index in [-0.39, 0.29) is 6.29 Å². The van der Waals surface area contributed by atoms with Crippen LogP contribution < -0.4 is 10.1 Å². The number of aromatic nitrogens is 2. The molecule has 0 fully saturated rings. The number of hydrogen-bond donors (Lipinski definition) is 1. The second kappa shape index (κ2) is 6.31. The van der Waals surface area contributed by atoms with Crippen LogP contribution in [0.25, 0.3) is 10.9 Å². The van der Waals surface area contributed by atoms with Gasteiger partial charge in [-0.1, -0.05) is 0 Å². The molecule has 6 heteroatoms. The second-order valence-electron chi connectivity index (χ2n) is 3.89. The van der Waals surface area contributed by atoms with Gasteiger partial charge in [0.15, 0.2) is 6.29 Å². The molecule has 0 aliphatic carbocycles. The Hall–Kier alpha value is -1.92. The van der Waals surface area contributed by atoms with E-state index in [1.165, 1.54) is 6.33 Å². The molecule has 0 amide bonds. The third kappa shape index (κ3) is 3.10. The molecule has 6 nitrogen and oxygen atoms in total. The van der Waals surface area contributed by atoms with Crippen LogP contribution in [-0.2, 0) is 9.47 Å². The zero-order valence-corrected chi connectivity index (χ0v) is 11.2. The Balaban J connectivity index is 2.23. The third-order valence-corrected chi connectivity index (χ3v) is 2.81. The van der Waals surface area contributed by atoms with Crippen molar-refractivity contribution in [3.63, 3.8) is 0 Å². The lowest BCUT2D eigenvalue weighted by Gasteiger charge is -2.15. The van der Waals surface area contributed by atoms with Gasteiger partial charge in [-0.25, -0.2) is 9.97 Å². The first kappa shape index (κ1) is 13.5. The van der Waals surface area contributed by atoms with Crippen LogP contribution in [0.3, 0.4) is 0 Å². The normalized spacial score (nSPS) is 10.9. The fourth-order valence-electron chi connectivity index (χ4n) is 1.75. The first-order valence-corrected chi connectivity index (χ1v) is 5.86. The van der Waals surface area contributed by atoms with Crippen molar-refractivity contribution in [1.29, 1.82) is 0 Å². The monoisotopic (exact) mass is 263 g/mol. The molecule has 1 N–H and O–H groups in total. The Morgan fingerprint density at radius 2 is 1.95 bits per heavy atom. The van der Waals surface area contributed by atoms with Crippen molar-refractivity contribution in [2.75, 3.05) is 33.2 Å². The van der Waals surface area contributed by atoms with E-state index in [0.29, 0.717) is 6.54 Å². The summed E-state index contributed by atoms with van der Waals surface area (Å²) >= 11 is 0. The standard InChI is InChI=1S/C13H17N3O3/c1-17-9-4-5-10-11(6-9)15-8-16-13(10)14-7-12(18-2)19-3/h4-6,8,12H,7H2,1-3H3,(H,14,15,16). The van der Waals surface area contributed by atoms with Crippen LogP contribution in [0, 0.1) is 0 Å². The highest BCUT2D eigenvalue weighted by molar-refractivity contribution is 5.89. The largest absolute Gasteiger partial charge is 0.497 e. The van der Waals surface area contributed by atoms with E-state index < -0.39 is 0 Å². The highest BCUT2D eigenvalue weighted by Crippen LogP contribution is 2.23. The number of nitrogens with zero attached hydrogens (tertiary/aromatic N) is 2. The molecule has 0 aliphatic rings. The molecule has 0 unspecified atom stereocenters. The number of fused-ring (bicyclic) bond motifs is 1. The topological polar surface area (TPSA) is 65.5 Å². The highest BCUT2D eigenvalue weighted by Gasteiger charge is 2.08. The van der Waals surface area contributed by atoms with Crippen molar-refractivity contribution in [2.24, 2.45) is 0 Å². The molecular formula is C13H17N3O3. The summed E-state index contributed by atoms with van der Waals surface area (Å²) in [6.07, 6.45) is 1.20. The van der Waals surface area contributed by atoms with Crippen LogP contribution in [0.1, 0.15) is 0 Å². The Morgan fingerprint density at radius 1 is 1.16 bits per heavy atom. The molecule has 1 aromatic heterocycles. The molecule has 0 saturated carbocycles. The second-order valence-corrected chi connectivity index (χ2v) is 3.89. The molecule has 1 aromatic carbocycles. The van der Waals surface area contributed by atoms with Gasteiger partial charge in [0.25, 0.3) is 0 Å². The predicted molar refractivity (Wildman–Crippen MR) is 72.4 cm³/mol. The number of rotatable bonds is 6. The van der Waals surface area contributed by atoms with Crippen molar-refractivity contribution in [3.8, 4) is 5.75 Å². The van der Waals surface area contributed by atoms with E-state index in [1.807, 2.05) is 18.2 Å². The van der Waals surface area contributed by atoms with Crippen LogP contribution in [0.5, 0.6) is 5.75 Å². The molecule has 0 radical (unpaired) electrons. The minimum Gasteiger partial charge on any atom is -0.497 e. The number of ether oxygens (including phenoxy) is 3. The molecule has 1 heterocycles. The van der Waals surface area contributed by atoms with E-state index in [9.17, 15) is 0 Å². The number of methoxy groups -OCH3 is 3.